The summed E-state index contributed by atoms with van der Waals surface area (Å²) < 4.78 is 9.62. The van der Waals surface area contributed by atoms with E-state index in [1.54, 1.807) is 6.33 Å². The van der Waals surface area contributed by atoms with Gasteiger partial charge in [-0.05, 0) is 89.1 Å². The van der Waals surface area contributed by atoms with Crippen molar-refractivity contribution in [3.05, 3.63) is 91.3 Å². The lowest BCUT2D eigenvalue weighted by Gasteiger charge is -2.25. The van der Waals surface area contributed by atoms with E-state index in [1.165, 1.54) is 124 Å². The van der Waals surface area contributed by atoms with Gasteiger partial charge in [0, 0.05) is 14.8 Å². The Kier molecular flexibility index (Phi) is 8.59. The Labute approximate surface area is 369 Å². The topological polar surface area (TPSA) is 38.9 Å². The number of benzene rings is 8. The van der Waals surface area contributed by atoms with Crippen LogP contribution in [0.3, 0.4) is 0 Å². The fraction of sp³-hybridized carbons (Fsp3) is 0. The lowest BCUT2D eigenvalue weighted by atomic mass is 9.60. The molecule has 11 aromatic rings. The summed E-state index contributed by atoms with van der Waals surface area (Å²) in [6.45, 7) is 0. The molecule has 0 aliphatic carbocycles. The van der Waals surface area contributed by atoms with Crippen LogP contribution in [0.15, 0.2) is 95.7 Å². The van der Waals surface area contributed by atoms with E-state index in [2.05, 4.69) is 171 Å². The van der Waals surface area contributed by atoms with Crippen molar-refractivity contribution in [2.24, 2.45) is 0 Å². The molecular formula is C46H37B11N2OS. The highest BCUT2D eigenvalue weighted by molar-refractivity contribution is 7.28. The maximum Gasteiger partial charge on any atom is 0.180 e. The van der Waals surface area contributed by atoms with Gasteiger partial charge in [0.2, 0.25) is 0 Å². The summed E-state index contributed by atoms with van der Waals surface area (Å²) in [5.41, 5.74) is 24.0. The highest BCUT2D eigenvalue weighted by atomic mass is 32.1. The summed E-state index contributed by atoms with van der Waals surface area (Å²) in [6, 6.07) is 30.9. The Balaban J connectivity index is 1.13. The standard InChI is InChI=1S/C46H37B11N2OS/c47-31-26(27-33(49)38(54)34(50)28-29-35(51)39(55)40(56)41(57)46(29)61-45(27)28)32(48)37(53)36(52)30(31)43-44-42(58-15-59-43)24-14-17(10-12-25(24)60-44)16-9-11-22-20-7-2-1-5-18(20)19-6-3-4-8-21(19)23(22)13-16/h1-15H,47-57H2. The first kappa shape index (κ1) is 38.3. The lowest BCUT2D eigenvalue weighted by molar-refractivity contribution is 0.667. The van der Waals surface area contributed by atoms with Gasteiger partial charge in [0.1, 0.15) is 109 Å². The molecule has 0 aliphatic rings. The first-order valence-corrected chi connectivity index (χ1v) is 22.2. The number of thiophene rings is 1. The van der Waals surface area contributed by atoms with Crippen molar-refractivity contribution in [3.63, 3.8) is 0 Å². The maximum atomic E-state index is 6.83. The van der Waals surface area contributed by atoms with Crippen LogP contribution in [0.2, 0.25) is 0 Å². The summed E-state index contributed by atoms with van der Waals surface area (Å²) in [7, 11) is 25.3. The molecule has 3 aromatic heterocycles. The number of hydrogen-bond acceptors (Lipinski definition) is 4. The van der Waals surface area contributed by atoms with Crippen LogP contribution in [0.25, 0.3) is 108 Å². The Morgan fingerprint density at radius 3 is 1.54 bits per heavy atom. The smallest absolute Gasteiger partial charge is 0.180 e. The second-order valence-electron chi connectivity index (χ2n) is 17.6. The average Bonchev–Trinajstić information content (AvgIpc) is 3.87. The zero-order chi connectivity index (χ0) is 42.3. The lowest BCUT2D eigenvalue weighted by Crippen LogP contribution is -2.48. The summed E-state index contributed by atoms with van der Waals surface area (Å²) >= 11 is 1.97. The fourth-order valence-electron chi connectivity index (χ4n) is 10.7. The van der Waals surface area contributed by atoms with Crippen LogP contribution < -0.4 is 60.1 Å². The molecule has 0 aliphatic heterocycles. The van der Waals surface area contributed by atoms with Gasteiger partial charge in [-0.1, -0.05) is 105 Å². The van der Waals surface area contributed by atoms with E-state index in [1.807, 2.05) is 11.3 Å². The molecule has 276 valence electrons. The summed E-state index contributed by atoms with van der Waals surface area (Å²) in [5, 5.41) is 11.5. The third-order valence-corrected chi connectivity index (χ3v) is 16.2. The van der Waals surface area contributed by atoms with E-state index < -0.39 is 0 Å². The van der Waals surface area contributed by atoms with Gasteiger partial charge in [-0.2, -0.15) is 0 Å². The van der Waals surface area contributed by atoms with Crippen LogP contribution >= 0.6 is 11.3 Å². The highest BCUT2D eigenvalue weighted by Crippen LogP contribution is 2.40. The summed E-state index contributed by atoms with van der Waals surface area (Å²) in [5.74, 6) is 0. The summed E-state index contributed by atoms with van der Waals surface area (Å²) in [4.78, 5) is 9.98. The molecular weight excluding hydrogens is 748 g/mol. The van der Waals surface area contributed by atoms with Crippen molar-refractivity contribution in [2.75, 3.05) is 0 Å². The molecule has 8 aromatic carbocycles. The van der Waals surface area contributed by atoms with E-state index in [0.717, 1.165) is 44.5 Å². The molecule has 0 atom stereocenters. The van der Waals surface area contributed by atoms with Crippen molar-refractivity contribution in [1.82, 2.24) is 9.97 Å². The van der Waals surface area contributed by atoms with Gasteiger partial charge in [-0.25, -0.2) is 9.97 Å². The van der Waals surface area contributed by atoms with Gasteiger partial charge in [0.25, 0.3) is 0 Å². The zero-order valence-corrected chi connectivity index (χ0v) is 37.7. The van der Waals surface area contributed by atoms with Gasteiger partial charge in [-0.15, -0.1) is 33.2 Å². The molecule has 0 saturated heterocycles. The van der Waals surface area contributed by atoms with Crippen LogP contribution in [-0.2, 0) is 0 Å². The molecule has 0 bridgehead atoms. The minimum absolute atomic E-state index is 0.729. The minimum Gasteiger partial charge on any atom is -0.452 e. The maximum absolute atomic E-state index is 6.83. The van der Waals surface area contributed by atoms with Crippen molar-refractivity contribution in [2.45, 2.75) is 0 Å². The van der Waals surface area contributed by atoms with Gasteiger partial charge >= 0.3 is 0 Å². The first-order chi connectivity index (χ1) is 29.4. The van der Waals surface area contributed by atoms with Crippen molar-refractivity contribution in [3.8, 4) is 33.5 Å². The molecule has 3 heterocycles. The van der Waals surface area contributed by atoms with Crippen LogP contribution in [0.1, 0.15) is 0 Å². The average molecular weight is 785 g/mol. The molecule has 11 rings (SSSR count). The molecule has 0 N–H and O–H groups in total. The normalized spacial score (nSPS) is 12.0. The number of rotatable bonds is 3. The number of furan rings is 1. The third-order valence-electron chi connectivity index (χ3n) is 14.9. The predicted molar refractivity (Wildman–Crippen MR) is 301 cm³/mol. The second kappa shape index (κ2) is 13.7. The van der Waals surface area contributed by atoms with Crippen LogP contribution in [0.4, 0.5) is 0 Å². The molecule has 15 heteroatoms. The van der Waals surface area contributed by atoms with E-state index in [0.29, 0.717) is 0 Å². The molecule has 61 heavy (non-hydrogen) atoms. The molecule has 0 unspecified atom stereocenters. The molecule has 0 saturated carbocycles. The number of nitrogens with zero attached hydrogens (tertiary/aromatic N) is 2. The van der Waals surface area contributed by atoms with Gasteiger partial charge in [0.05, 0.1) is 0 Å². The van der Waals surface area contributed by atoms with Crippen LogP contribution in [0.5, 0.6) is 0 Å². The molecule has 0 radical (unpaired) electrons. The van der Waals surface area contributed by atoms with E-state index in [9.17, 15) is 0 Å². The van der Waals surface area contributed by atoms with Crippen molar-refractivity contribution < 1.29 is 4.42 Å². The Hall–Kier alpha value is -5.65. The second-order valence-corrected chi connectivity index (χ2v) is 18.6. The van der Waals surface area contributed by atoms with Crippen molar-refractivity contribution >= 4 is 232 Å². The third kappa shape index (κ3) is 5.26. The number of fused-ring (bicyclic) bond motifs is 12. The minimum atomic E-state index is 0.729. The van der Waals surface area contributed by atoms with Gasteiger partial charge in [-0.3, -0.25) is 0 Å². The van der Waals surface area contributed by atoms with E-state index in [4.69, 9.17) is 14.4 Å². The van der Waals surface area contributed by atoms with E-state index >= 15 is 0 Å². The monoisotopic (exact) mass is 786 g/mol. The zero-order valence-electron chi connectivity index (χ0n) is 36.9. The number of hydrogen-bond donors (Lipinski definition) is 0. The molecule has 0 fully saturated rings. The van der Waals surface area contributed by atoms with E-state index in [-0.39, 0.29) is 0 Å². The number of aromatic nitrogens is 2. The quantitative estimate of drug-likeness (QED) is 0.133. The van der Waals surface area contributed by atoms with Gasteiger partial charge in [0.15, 0.2) is 5.58 Å². The Morgan fingerprint density at radius 1 is 0.393 bits per heavy atom. The molecule has 3 nitrogen and oxygen atoms in total. The predicted octanol–water partition coefficient (Wildman–Crippen LogP) is -5.95. The first-order valence-electron chi connectivity index (χ1n) is 21.4. The highest BCUT2D eigenvalue weighted by Gasteiger charge is 2.27. The van der Waals surface area contributed by atoms with Gasteiger partial charge < -0.3 is 4.42 Å². The molecule has 0 spiro atoms. The van der Waals surface area contributed by atoms with Crippen LogP contribution in [-0.4, -0.2) is 96.3 Å². The SMILES string of the molecule is Bc1c(B)c(-c2ncnc3c2oc2ccc(-c4ccc5c6ccccc6c6ccccc6c5c4)cc23)c(B)c(-c2c(B)c(B)c(B)c3c2sc2c(B)c(B)c(B)c(B)c23)c1B. The summed E-state index contributed by atoms with van der Waals surface area (Å²) in [6.07, 6.45) is 1.72. The fourth-order valence-corrected chi connectivity index (χ4v) is 12.3. The van der Waals surface area contributed by atoms with Crippen LogP contribution in [0, 0.1) is 0 Å². The van der Waals surface area contributed by atoms with Crippen molar-refractivity contribution in [1.29, 1.82) is 0 Å². The Morgan fingerprint density at radius 2 is 0.885 bits per heavy atom. The molecule has 0 amide bonds. The Bertz CT molecular complexity index is 3770. The largest absolute Gasteiger partial charge is 0.452 e.